The lowest BCUT2D eigenvalue weighted by molar-refractivity contribution is -0.142. The van der Waals surface area contributed by atoms with Gasteiger partial charge in [-0.05, 0) is 30.5 Å². The first-order valence-electron chi connectivity index (χ1n) is 6.40. The van der Waals surface area contributed by atoms with Gasteiger partial charge in [0.25, 0.3) is 0 Å². The summed E-state index contributed by atoms with van der Waals surface area (Å²) in [4.78, 5) is 22.7. The molecular weight excluding hydrogens is 301 g/mol. The van der Waals surface area contributed by atoms with Gasteiger partial charge in [0.15, 0.2) is 0 Å². The fourth-order valence-corrected chi connectivity index (χ4v) is 2.29. The first kappa shape index (κ1) is 16.8. The van der Waals surface area contributed by atoms with Gasteiger partial charge in [-0.1, -0.05) is 42.6 Å². The van der Waals surface area contributed by atoms with Crippen LogP contribution in [0.3, 0.4) is 0 Å². The van der Waals surface area contributed by atoms with Crippen molar-refractivity contribution in [1.29, 1.82) is 0 Å². The van der Waals surface area contributed by atoms with Gasteiger partial charge in [0, 0.05) is 16.5 Å². The second-order valence-electron chi connectivity index (χ2n) is 4.48. The third-order valence-electron chi connectivity index (χ3n) is 2.85. The van der Waals surface area contributed by atoms with Crippen LogP contribution in [0.15, 0.2) is 18.2 Å². The van der Waals surface area contributed by atoms with E-state index in [0.29, 0.717) is 29.3 Å². The van der Waals surface area contributed by atoms with Gasteiger partial charge in [0.2, 0.25) is 5.91 Å². The van der Waals surface area contributed by atoms with Crippen molar-refractivity contribution in [3.05, 3.63) is 33.8 Å². The number of hydrogen-bond acceptors (Lipinski definition) is 2. The third-order valence-corrected chi connectivity index (χ3v) is 3.43. The summed E-state index contributed by atoms with van der Waals surface area (Å²) in [6, 6.07) is 4.26. The Hall–Kier alpha value is -1.26. The van der Waals surface area contributed by atoms with Crippen molar-refractivity contribution in [3.63, 3.8) is 0 Å². The molecule has 0 aliphatic heterocycles. The Bertz CT molecular complexity index is 491. The van der Waals surface area contributed by atoms with Crippen molar-refractivity contribution in [1.82, 2.24) is 5.32 Å². The number of benzene rings is 1. The fourth-order valence-electron chi connectivity index (χ4n) is 1.79. The van der Waals surface area contributed by atoms with Crippen LogP contribution >= 0.6 is 23.2 Å². The SMILES string of the molecule is CCC[C@@H](NC(=O)CCc1ccc(Cl)cc1Cl)C(=O)O. The minimum atomic E-state index is -1.01. The van der Waals surface area contributed by atoms with Gasteiger partial charge in [-0.3, -0.25) is 4.79 Å². The minimum absolute atomic E-state index is 0.189. The van der Waals surface area contributed by atoms with E-state index in [2.05, 4.69) is 5.32 Å². The van der Waals surface area contributed by atoms with Crippen molar-refractivity contribution < 1.29 is 14.7 Å². The van der Waals surface area contributed by atoms with Crippen molar-refractivity contribution in [2.24, 2.45) is 0 Å². The quantitative estimate of drug-likeness (QED) is 0.810. The Morgan fingerprint density at radius 3 is 2.60 bits per heavy atom. The van der Waals surface area contributed by atoms with Crippen LogP contribution in [0.4, 0.5) is 0 Å². The van der Waals surface area contributed by atoms with E-state index in [4.69, 9.17) is 28.3 Å². The molecule has 0 saturated carbocycles. The molecule has 110 valence electrons. The Morgan fingerprint density at radius 2 is 2.05 bits per heavy atom. The number of carboxylic acid groups (broad SMARTS) is 1. The lowest BCUT2D eigenvalue weighted by atomic mass is 10.1. The molecule has 6 heteroatoms. The maximum Gasteiger partial charge on any atom is 0.326 e. The normalized spacial score (nSPS) is 11.9. The first-order chi connectivity index (χ1) is 9.43. The molecule has 0 aliphatic rings. The van der Waals surface area contributed by atoms with E-state index in [-0.39, 0.29) is 12.3 Å². The van der Waals surface area contributed by atoms with E-state index in [9.17, 15) is 9.59 Å². The molecule has 4 nitrogen and oxygen atoms in total. The maximum atomic E-state index is 11.7. The molecule has 0 unspecified atom stereocenters. The molecule has 0 heterocycles. The molecule has 1 aromatic carbocycles. The Morgan fingerprint density at radius 1 is 1.35 bits per heavy atom. The molecule has 0 bridgehead atoms. The van der Waals surface area contributed by atoms with Crippen LogP contribution < -0.4 is 5.32 Å². The van der Waals surface area contributed by atoms with E-state index in [1.54, 1.807) is 18.2 Å². The van der Waals surface area contributed by atoms with Crippen molar-refractivity contribution >= 4 is 35.1 Å². The number of aliphatic carboxylic acids is 1. The highest BCUT2D eigenvalue weighted by Crippen LogP contribution is 2.22. The summed E-state index contributed by atoms with van der Waals surface area (Å²) >= 11 is 11.8. The average Bonchev–Trinajstić information content (AvgIpc) is 2.37. The Labute approximate surface area is 128 Å². The number of carbonyl (C=O) groups excluding carboxylic acids is 1. The van der Waals surface area contributed by atoms with Crippen LogP contribution in [0.5, 0.6) is 0 Å². The highest BCUT2D eigenvalue weighted by atomic mass is 35.5. The Kier molecular flexibility index (Phi) is 6.82. The summed E-state index contributed by atoms with van der Waals surface area (Å²) < 4.78 is 0. The first-order valence-corrected chi connectivity index (χ1v) is 7.15. The van der Waals surface area contributed by atoms with Gasteiger partial charge < -0.3 is 10.4 Å². The maximum absolute atomic E-state index is 11.7. The zero-order chi connectivity index (χ0) is 15.1. The van der Waals surface area contributed by atoms with E-state index < -0.39 is 12.0 Å². The van der Waals surface area contributed by atoms with Crippen molar-refractivity contribution in [2.75, 3.05) is 0 Å². The molecular formula is C14H17Cl2NO3. The summed E-state index contributed by atoms with van der Waals surface area (Å²) in [6.45, 7) is 1.87. The number of halogens is 2. The molecule has 0 fully saturated rings. The molecule has 0 saturated heterocycles. The molecule has 2 N–H and O–H groups in total. The van der Waals surface area contributed by atoms with Crippen LogP contribution in [0.2, 0.25) is 10.0 Å². The van der Waals surface area contributed by atoms with Gasteiger partial charge in [-0.25, -0.2) is 4.79 Å². The number of rotatable bonds is 7. The topological polar surface area (TPSA) is 66.4 Å². The van der Waals surface area contributed by atoms with Gasteiger partial charge in [0.1, 0.15) is 6.04 Å². The lowest BCUT2D eigenvalue weighted by Crippen LogP contribution is -2.40. The molecule has 0 aliphatic carbocycles. The number of hydrogen-bond donors (Lipinski definition) is 2. The summed E-state index contributed by atoms with van der Waals surface area (Å²) in [6.07, 6.45) is 1.75. The summed E-state index contributed by atoms with van der Waals surface area (Å²) in [5.74, 6) is -1.30. The highest BCUT2D eigenvalue weighted by Gasteiger charge is 2.18. The predicted octanol–water partition coefficient (Wildman–Crippen LogP) is 3.30. The zero-order valence-corrected chi connectivity index (χ0v) is 12.7. The zero-order valence-electron chi connectivity index (χ0n) is 11.2. The van der Waals surface area contributed by atoms with Gasteiger partial charge in [-0.15, -0.1) is 0 Å². The summed E-state index contributed by atoms with van der Waals surface area (Å²) in [7, 11) is 0. The van der Waals surface area contributed by atoms with Crippen LogP contribution in [0.1, 0.15) is 31.7 Å². The molecule has 0 radical (unpaired) electrons. The van der Waals surface area contributed by atoms with Crippen LogP contribution in [-0.4, -0.2) is 23.0 Å². The summed E-state index contributed by atoms with van der Waals surface area (Å²) in [5.41, 5.74) is 0.814. The molecule has 20 heavy (non-hydrogen) atoms. The largest absolute Gasteiger partial charge is 0.480 e. The number of aryl methyl sites for hydroxylation is 1. The molecule has 1 aromatic rings. The monoisotopic (exact) mass is 317 g/mol. The lowest BCUT2D eigenvalue weighted by Gasteiger charge is -2.13. The number of amides is 1. The number of carboxylic acids is 1. The molecule has 0 spiro atoms. The van der Waals surface area contributed by atoms with E-state index in [1.165, 1.54) is 0 Å². The minimum Gasteiger partial charge on any atom is -0.480 e. The summed E-state index contributed by atoms with van der Waals surface area (Å²) in [5, 5.41) is 12.5. The molecule has 1 atom stereocenters. The average molecular weight is 318 g/mol. The third kappa shape index (κ3) is 5.39. The fraction of sp³-hybridized carbons (Fsp3) is 0.429. The molecule has 1 rings (SSSR count). The standard InChI is InChI=1S/C14H17Cl2NO3/c1-2-3-12(14(19)20)17-13(18)7-5-9-4-6-10(15)8-11(9)16/h4,6,8,12H,2-3,5,7H2,1H3,(H,17,18)(H,19,20)/t12-/m1/s1. The smallest absolute Gasteiger partial charge is 0.326 e. The van der Waals surface area contributed by atoms with E-state index in [1.807, 2.05) is 6.92 Å². The van der Waals surface area contributed by atoms with Crippen molar-refractivity contribution in [2.45, 2.75) is 38.6 Å². The Balaban J connectivity index is 2.52. The number of carbonyl (C=O) groups is 2. The highest BCUT2D eigenvalue weighted by molar-refractivity contribution is 6.35. The van der Waals surface area contributed by atoms with Crippen LogP contribution in [0, 0.1) is 0 Å². The predicted molar refractivity (Wildman–Crippen MR) is 79.3 cm³/mol. The second-order valence-corrected chi connectivity index (χ2v) is 5.33. The van der Waals surface area contributed by atoms with Crippen molar-refractivity contribution in [3.8, 4) is 0 Å². The second kappa shape index (κ2) is 8.12. The van der Waals surface area contributed by atoms with Gasteiger partial charge in [0.05, 0.1) is 0 Å². The van der Waals surface area contributed by atoms with Crippen LogP contribution in [0.25, 0.3) is 0 Å². The van der Waals surface area contributed by atoms with E-state index in [0.717, 1.165) is 5.56 Å². The van der Waals surface area contributed by atoms with Crippen LogP contribution in [-0.2, 0) is 16.0 Å². The number of nitrogens with one attached hydrogen (secondary N) is 1. The molecule has 1 amide bonds. The van der Waals surface area contributed by atoms with Gasteiger partial charge in [-0.2, -0.15) is 0 Å². The van der Waals surface area contributed by atoms with Gasteiger partial charge >= 0.3 is 5.97 Å². The molecule has 0 aromatic heterocycles. The van der Waals surface area contributed by atoms with E-state index >= 15 is 0 Å².